The molecule has 1 heterocycles. The molecule has 8 nitrogen and oxygen atoms in total. The molecule has 3 rings (SSSR count). The quantitative estimate of drug-likeness (QED) is 0.188. The average molecular weight is 443 g/mol. The van der Waals surface area contributed by atoms with Gasteiger partial charge in [0, 0.05) is 12.1 Å². The second-order valence-corrected chi connectivity index (χ2v) is 7.05. The number of ether oxygens (including phenoxy) is 3. The number of nitrogens with zero attached hydrogens (tertiary/aromatic N) is 2. The van der Waals surface area contributed by atoms with Crippen molar-refractivity contribution >= 4 is 35.2 Å². The Morgan fingerprint density at radius 1 is 1.26 bits per heavy atom. The number of cyclic esters (lactones) is 1. The molecule has 0 saturated carbocycles. The highest BCUT2D eigenvalue weighted by atomic mass is 35.5. The normalized spacial score (nSPS) is 14.2. The second kappa shape index (κ2) is 9.44. The number of halogens is 1. The van der Waals surface area contributed by atoms with Crippen molar-refractivity contribution in [1.29, 1.82) is 0 Å². The van der Waals surface area contributed by atoms with Crippen LogP contribution in [0.5, 0.6) is 11.5 Å². The lowest BCUT2D eigenvalue weighted by Crippen LogP contribution is -2.06. The van der Waals surface area contributed by atoms with Crippen LogP contribution in [0, 0.1) is 10.1 Å². The van der Waals surface area contributed by atoms with Gasteiger partial charge in [-0.25, -0.2) is 9.79 Å². The predicted molar refractivity (Wildman–Crippen MR) is 117 cm³/mol. The highest BCUT2D eigenvalue weighted by Gasteiger charge is 2.27. The van der Waals surface area contributed by atoms with Gasteiger partial charge in [-0.15, -0.1) is 0 Å². The van der Waals surface area contributed by atoms with Crippen LogP contribution in [-0.4, -0.2) is 30.0 Å². The van der Waals surface area contributed by atoms with Crippen molar-refractivity contribution in [3.05, 3.63) is 80.5 Å². The summed E-state index contributed by atoms with van der Waals surface area (Å²) in [6.45, 7) is 8.29. The number of nitro groups is 1. The van der Waals surface area contributed by atoms with E-state index in [1.807, 2.05) is 13.8 Å². The molecule has 160 valence electrons. The van der Waals surface area contributed by atoms with Gasteiger partial charge in [0.15, 0.2) is 17.2 Å². The van der Waals surface area contributed by atoms with E-state index in [-0.39, 0.29) is 27.9 Å². The maximum absolute atomic E-state index is 12.3. The summed E-state index contributed by atoms with van der Waals surface area (Å²) in [6, 6.07) is 8.99. The minimum absolute atomic E-state index is 0.0237. The Bertz CT molecular complexity index is 1120. The molecule has 1 aliphatic heterocycles. The van der Waals surface area contributed by atoms with E-state index in [1.54, 1.807) is 18.2 Å². The Balaban J connectivity index is 1.93. The van der Waals surface area contributed by atoms with Crippen LogP contribution in [0.1, 0.15) is 25.0 Å². The Kier molecular flexibility index (Phi) is 6.71. The fourth-order valence-electron chi connectivity index (χ4n) is 2.68. The monoisotopic (exact) mass is 442 g/mol. The van der Waals surface area contributed by atoms with Crippen molar-refractivity contribution in [2.24, 2.45) is 4.99 Å². The Labute approximate surface area is 183 Å². The zero-order valence-corrected chi connectivity index (χ0v) is 17.6. The first-order chi connectivity index (χ1) is 14.8. The van der Waals surface area contributed by atoms with E-state index in [4.69, 9.17) is 25.8 Å². The van der Waals surface area contributed by atoms with Crippen LogP contribution in [0.25, 0.3) is 6.08 Å². The van der Waals surface area contributed by atoms with E-state index in [1.165, 1.54) is 24.3 Å². The van der Waals surface area contributed by atoms with Gasteiger partial charge in [0.25, 0.3) is 5.69 Å². The SMILES string of the molecule is C=C(C)COc1ccc(/C=C2\N=C(c3cc([N+](=O)[O-])ccc3Cl)OC2=O)cc1OCC. The molecular formula is C22H19ClN2O6. The van der Waals surface area contributed by atoms with E-state index in [0.717, 1.165) is 5.57 Å². The number of non-ortho nitro benzene ring substituents is 1. The standard InChI is InChI=1S/C22H19ClN2O6/c1-4-29-20-10-14(5-8-19(20)30-12-13(2)3)9-18-22(26)31-21(24-18)16-11-15(25(27)28)6-7-17(16)23/h5-11H,2,4,12H2,1,3H3/b18-9-. The maximum Gasteiger partial charge on any atom is 0.363 e. The number of benzene rings is 2. The fraction of sp³-hybridized carbons (Fsp3) is 0.182. The van der Waals surface area contributed by atoms with Crippen LogP contribution in [0.15, 0.2) is 59.2 Å². The molecule has 1 aliphatic rings. The lowest BCUT2D eigenvalue weighted by molar-refractivity contribution is -0.384. The van der Waals surface area contributed by atoms with Gasteiger partial charge in [0.2, 0.25) is 5.90 Å². The molecule has 0 aromatic heterocycles. The van der Waals surface area contributed by atoms with E-state index in [2.05, 4.69) is 11.6 Å². The zero-order valence-electron chi connectivity index (χ0n) is 16.9. The first kappa shape index (κ1) is 22.0. The molecule has 0 fully saturated rings. The Morgan fingerprint density at radius 3 is 2.71 bits per heavy atom. The molecule has 2 aromatic rings. The molecular weight excluding hydrogens is 424 g/mol. The van der Waals surface area contributed by atoms with Crippen LogP contribution in [0.2, 0.25) is 5.02 Å². The van der Waals surface area contributed by atoms with Crippen molar-refractivity contribution in [3.63, 3.8) is 0 Å². The van der Waals surface area contributed by atoms with Gasteiger partial charge in [-0.1, -0.05) is 24.2 Å². The molecule has 31 heavy (non-hydrogen) atoms. The lowest BCUT2D eigenvalue weighted by Gasteiger charge is -2.12. The number of carbonyl (C=O) groups excluding carboxylic acids is 1. The van der Waals surface area contributed by atoms with Gasteiger partial charge in [-0.05, 0) is 49.3 Å². The number of hydrogen-bond donors (Lipinski definition) is 0. The van der Waals surface area contributed by atoms with Crippen molar-refractivity contribution in [1.82, 2.24) is 0 Å². The molecule has 0 aliphatic carbocycles. The molecule has 0 amide bonds. The Hall–Kier alpha value is -3.65. The molecule has 9 heteroatoms. The third kappa shape index (κ3) is 5.29. The molecule has 0 atom stereocenters. The van der Waals surface area contributed by atoms with Crippen molar-refractivity contribution in [2.45, 2.75) is 13.8 Å². The van der Waals surface area contributed by atoms with Crippen LogP contribution < -0.4 is 9.47 Å². The highest BCUT2D eigenvalue weighted by molar-refractivity contribution is 6.34. The van der Waals surface area contributed by atoms with Gasteiger partial charge >= 0.3 is 5.97 Å². The number of aliphatic imine (C=N–C) groups is 1. The summed E-state index contributed by atoms with van der Waals surface area (Å²) < 4.78 is 16.5. The Morgan fingerprint density at radius 2 is 2.03 bits per heavy atom. The summed E-state index contributed by atoms with van der Waals surface area (Å²) in [4.78, 5) is 26.9. The number of esters is 1. The van der Waals surface area contributed by atoms with Crippen LogP contribution in [0.3, 0.4) is 0 Å². The average Bonchev–Trinajstić information content (AvgIpc) is 3.07. The summed E-state index contributed by atoms with van der Waals surface area (Å²) in [5.74, 6) is 0.262. The number of hydrogen-bond acceptors (Lipinski definition) is 7. The van der Waals surface area contributed by atoms with E-state index in [0.29, 0.717) is 30.3 Å². The summed E-state index contributed by atoms with van der Waals surface area (Å²) in [5.41, 5.74) is 1.49. The van der Waals surface area contributed by atoms with Crippen LogP contribution in [0.4, 0.5) is 5.69 Å². The molecule has 0 bridgehead atoms. The van der Waals surface area contributed by atoms with Crippen molar-refractivity contribution in [3.8, 4) is 11.5 Å². The summed E-state index contributed by atoms with van der Waals surface area (Å²) in [6.07, 6.45) is 1.52. The van der Waals surface area contributed by atoms with E-state index in [9.17, 15) is 14.9 Å². The predicted octanol–water partition coefficient (Wildman–Crippen LogP) is 4.95. The zero-order chi connectivity index (χ0) is 22.5. The summed E-state index contributed by atoms with van der Waals surface area (Å²) in [7, 11) is 0. The molecule has 0 unspecified atom stereocenters. The largest absolute Gasteiger partial charge is 0.490 e. The van der Waals surface area contributed by atoms with Crippen LogP contribution >= 0.6 is 11.6 Å². The minimum Gasteiger partial charge on any atom is -0.490 e. The lowest BCUT2D eigenvalue weighted by atomic mass is 10.1. The van der Waals surface area contributed by atoms with Crippen molar-refractivity contribution in [2.75, 3.05) is 13.2 Å². The molecule has 0 saturated heterocycles. The number of rotatable bonds is 8. The summed E-state index contributed by atoms with van der Waals surface area (Å²) >= 11 is 6.11. The molecule has 0 radical (unpaired) electrons. The van der Waals surface area contributed by atoms with Gasteiger partial charge in [0.05, 0.1) is 22.1 Å². The van der Waals surface area contributed by atoms with E-state index < -0.39 is 10.9 Å². The first-order valence-electron chi connectivity index (χ1n) is 9.29. The van der Waals surface area contributed by atoms with Gasteiger partial charge in [-0.3, -0.25) is 10.1 Å². The van der Waals surface area contributed by atoms with Gasteiger partial charge in [0.1, 0.15) is 6.61 Å². The number of nitro benzene ring substituents is 1. The number of carbonyl (C=O) groups is 1. The highest BCUT2D eigenvalue weighted by Crippen LogP contribution is 2.31. The van der Waals surface area contributed by atoms with Crippen LogP contribution in [-0.2, 0) is 9.53 Å². The van der Waals surface area contributed by atoms with Crippen molar-refractivity contribution < 1.29 is 23.9 Å². The van der Waals surface area contributed by atoms with Gasteiger partial charge < -0.3 is 14.2 Å². The molecule has 0 spiro atoms. The third-order valence-corrected chi connectivity index (χ3v) is 4.39. The third-order valence-electron chi connectivity index (χ3n) is 4.06. The smallest absolute Gasteiger partial charge is 0.363 e. The minimum atomic E-state index is -0.696. The molecule has 0 N–H and O–H groups in total. The van der Waals surface area contributed by atoms with E-state index >= 15 is 0 Å². The second-order valence-electron chi connectivity index (χ2n) is 6.64. The fourth-order valence-corrected chi connectivity index (χ4v) is 2.87. The van der Waals surface area contributed by atoms with Gasteiger partial charge in [-0.2, -0.15) is 0 Å². The topological polar surface area (TPSA) is 100 Å². The molecule has 2 aromatic carbocycles. The maximum atomic E-state index is 12.3. The first-order valence-corrected chi connectivity index (χ1v) is 9.67. The summed E-state index contributed by atoms with van der Waals surface area (Å²) in [5, 5.41) is 11.2.